The first-order valence-electron chi connectivity index (χ1n) is 5.23. The molecule has 18 heavy (non-hydrogen) atoms. The molecule has 0 aliphatic heterocycles. The van der Waals surface area contributed by atoms with Crippen molar-refractivity contribution in [1.29, 1.82) is 0 Å². The molecule has 0 fully saturated rings. The fraction of sp³-hybridized carbons (Fsp3) is 0. The second-order valence-electron chi connectivity index (χ2n) is 4.03. The summed E-state index contributed by atoms with van der Waals surface area (Å²) in [5.41, 5.74) is 0. The summed E-state index contributed by atoms with van der Waals surface area (Å²) in [6.07, 6.45) is 0. The molecular formula is C14H6Cl4. The van der Waals surface area contributed by atoms with E-state index < -0.39 is 0 Å². The van der Waals surface area contributed by atoms with Gasteiger partial charge in [-0.3, -0.25) is 0 Å². The summed E-state index contributed by atoms with van der Waals surface area (Å²) in [5, 5.41) is 6.21. The van der Waals surface area contributed by atoms with Gasteiger partial charge in [0.25, 0.3) is 0 Å². The van der Waals surface area contributed by atoms with Crippen molar-refractivity contribution in [1.82, 2.24) is 0 Å². The van der Waals surface area contributed by atoms with Crippen LogP contribution in [0.2, 0.25) is 20.1 Å². The second-order valence-corrected chi connectivity index (χ2v) is 5.72. The van der Waals surface area contributed by atoms with Gasteiger partial charge in [-0.1, -0.05) is 58.5 Å². The molecule has 0 saturated carbocycles. The minimum Gasteiger partial charge on any atom is -0.0843 e. The molecule has 0 radical (unpaired) electrons. The Morgan fingerprint density at radius 2 is 0.889 bits per heavy atom. The van der Waals surface area contributed by atoms with Crippen LogP contribution in [-0.2, 0) is 0 Å². The van der Waals surface area contributed by atoms with Crippen LogP contribution in [0.3, 0.4) is 0 Å². The first-order valence-corrected chi connectivity index (χ1v) is 6.74. The van der Waals surface area contributed by atoms with Crippen molar-refractivity contribution in [2.24, 2.45) is 0 Å². The van der Waals surface area contributed by atoms with E-state index in [0.29, 0.717) is 20.1 Å². The Labute approximate surface area is 124 Å². The van der Waals surface area contributed by atoms with E-state index in [-0.39, 0.29) is 0 Å². The lowest BCUT2D eigenvalue weighted by atomic mass is 10.0. The number of benzene rings is 3. The van der Waals surface area contributed by atoms with Crippen LogP contribution >= 0.6 is 46.4 Å². The second kappa shape index (κ2) is 4.47. The predicted octanol–water partition coefficient (Wildman–Crippen LogP) is 6.61. The fourth-order valence-corrected chi connectivity index (χ4v) is 3.23. The lowest BCUT2D eigenvalue weighted by molar-refractivity contribution is 1.76. The van der Waals surface area contributed by atoms with Crippen molar-refractivity contribution in [3.05, 3.63) is 56.5 Å². The molecule has 0 amide bonds. The Morgan fingerprint density at radius 1 is 0.500 bits per heavy atom. The number of halogens is 4. The van der Waals surface area contributed by atoms with Crippen molar-refractivity contribution in [3.8, 4) is 0 Å². The molecule has 90 valence electrons. The maximum atomic E-state index is 6.19. The first kappa shape index (κ1) is 12.4. The standard InChI is InChI=1S/C14H6Cl4/c15-7-3-11-9(13(17)5-7)1-2-10-12(11)4-8(16)6-14(10)18/h1-6H. The number of fused-ring (bicyclic) bond motifs is 3. The van der Waals surface area contributed by atoms with Crippen LogP contribution in [0, 0.1) is 0 Å². The van der Waals surface area contributed by atoms with Crippen LogP contribution in [0.1, 0.15) is 0 Å². The van der Waals surface area contributed by atoms with Gasteiger partial charge in [0.2, 0.25) is 0 Å². The quantitative estimate of drug-likeness (QED) is 0.410. The first-order chi connectivity index (χ1) is 8.56. The summed E-state index contributed by atoms with van der Waals surface area (Å²) >= 11 is 24.5. The van der Waals surface area contributed by atoms with Crippen LogP contribution in [0.5, 0.6) is 0 Å². The van der Waals surface area contributed by atoms with E-state index in [4.69, 9.17) is 46.4 Å². The lowest BCUT2D eigenvalue weighted by Gasteiger charge is -2.08. The SMILES string of the molecule is Clc1cc(Cl)c2ccc3c(Cl)cc(Cl)cc3c2c1. The summed E-state index contributed by atoms with van der Waals surface area (Å²) in [4.78, 5) is 0. The molecule has 0 bridgehead atoms. The Hall–Kier alpha value is -0.660. The lowest BCUT2D eigenvalue weighted by Crippen LogP contribution is -1.81. The van der Waals surface area contributed by atoms with Gasteiger partial charge in [-0.05, 0) is 35.0 Å². The maximum absolute atomic E-state index is 6.19. The van der Waals surface area contributed by atoms with Crippen molar-refractivity contribution in [3.63, 3.8) is 0 Å². The zero-order valence-electron chi connectivity index (χ0n) is 8.98. The highest BCUT2D eigenvalue weighted by Crippen LogP contribution is 2.37. The highest BCUT2D eigenvalue weighted by atomic mass is 35.5. The minimum atomic E-state index is 0.594. The molecule has 4 heteroatoms. The third-order valence-corrected chi connectivity index (χ3v) is 3.96. The Kier molecular flexibility index (Phi) is 3.07. The molecular weight excluding hydrogens is 310 g/mol. The molecule has 3 rings (SSSR count). The number of hydrogen-bond donors (Lipinski definition) is 0. The van der Waals surface area contributed by atoms with Gasteiger partial charge in [0, 0.05) is 30.9 Å². The van der Waals surface area contributed by atoms with E-state index in [1.54, 1.807) is 12.1 Å². The third kappa shape index (κ3) is 1.94. The van der Waals surface area contributed by atoms with Crippen molar-refractivity contribution in [2.75, 3.05) is 0 Å². The van der Waals surface area contributed by atoms with E-state index in [1.165, 1.54) is 0 Å². The largest absolute Gasteiger partial charge is 0.0843 e. The van der Waals surface area contributed by atoms with Crippen LogP contribution in [0.4, 0.5) is 0 Å². The van der Waals surface area contributed by atoms with Gasteiger partial charge in [-0.15, -0.1) is 0 Å². The minimum absolute atomic E-state index is 0.594. The summed E-state index contributed by atoms with van der Waals surface area (Å²) in [7, 11) is 0. The van der Waals surface area contributed by atoms with E-state index in [1.807, 2.05) is 24.3 Å². The monoisotopic (exact) mass is 314 g/mol. The van der Waals surface area contributed by atoms with Crippen molar-refractivity contribution in [2.45, 2.75) is 0 Å². The van der Waals surface area contributed by atoms with Crippen LogP contribution in [0.15, 0.2) is 36.4 Å². The third-order valence-electron chi connectivity index (χ3n) is 2.90. The Morgan fingerprint density at radius 3 is 1.28 bits per heavy atom. The Bertz CT molecular complexity index is 711. The zero-order chi connectivity index (χ0) is 12.9. The summed E-state index contributed by atoms with van der Waals surface area (Å²) in [6.45, 7) is 0. The van der Waals surface area contributed by atoms with E-state index in [0.717, 1.165) is 21.5 Å². The van der Waals surface area contributed by atoms with E-state index >= 15 is 0 Å². The molecule has 0 spiro atoms. The van der Waals surface area contributed by atoms with Gasteiger partial charge < -0.3 is 0 Å². The molecule has 0 nitrogen and oxygen atoms in total. The molecule has 3 aromatic rings. The molecule has 0 N–H and O–H groups in total. The van der Waals surface area contributed by atoms with Crippen molar-refractivity contribution < 1.29 is 0 Å². The number of hydrogen-bond acceptors (Lipinski definition) is 0. The number of rotatable bonds is 0. The van der Waals surface area contributed by atoms with Gasteiger partial charge in [0.1, 0.15) is 0 Å². The molecule has 0 saturated heterocycles. The average Bonchev–Trinajstić information content (AvgIpc) is 2.28. The molecule has 0 aromatic heterocycles. The average molecular weight is 316 g/mol. The van der Waals surface area contributed by atoms with E-state index in [2.05, 4.69) is 0 Å². The molecule has 0 heterocycles. The molecule has 0 aliphatic rings. The maximum Gasteiger partial charge on any atom is 0.0499 e. The van der Waals surface area contributed by atoms with Gasteiger partial charge in [-0.2, -0.15) is 0 Å². The van der Waals surface area contributed by atoms with Gasteiger partial charge >= 0.3 is 0 Å². The van der Waals surface area contributed by atoms with Crippen LogP contribution in [-0.4, -0.2) is 0 Å². The van der Waals surface area contributed by atoms with Crippen molar-refractivity contribution >= 4 is 67.9 Å². The topological polar surface area (TPSA) is 0 Å². The van der Waals surface area contributed by atoms with E-state index in [9.17, 15) is 0 Å². The molecule has 3 aromatic carbocycles. The summed E-state index contributed by atoms with van der Waals surface area (Å²) in [5.74, 6) is 0. The molecule has 0 aliphatic carbocycles. The normalized spacial score (nSPS) is 11.3. The highest BCUT2D eigenvalue weighted by molar-refractivity contribution is 6.42. The fourth-order valence-electron chi connectivity index (χ4n) is 2.12. The predicted molar refractivity (Wildman–Crippen MR) is 81.5 cm³/mol. The zero-order valence-corrected chi connectivity index (χ0v) is 12.0. The highest BCUT2D eigenvalue weighted by Gasteiger charge is 2.08. The van der Waals surface area contributed by atoms with Gasteiger partial charge in [-0.25, -0.2) is 0 Å². The smallest absolute Gasteiger partial charge is 0.0499 e. The van der Waals surface area contributed by atoms with Gasteiger partial charge in [0.15, 0.2) is 0 Å². The van der Waals surface area contributed by atoms with Gasteiger partial charge in [0.05, 0.1) is 0 Å². The summed E-state index contributed by atoms with van der Waals surface area (Å²) in [6, 6.07) is 11.1. The van der Waals surface area contributed by atoms with Crippen LogP contribution in [0.25, 0.3) is 21.5 Å². The Balaban J connectivity index is 2.60. The van der Waals surface area contributed by atoms with Crippen LogP contribution < -0.4 is 0 Å². The molecule has 0 atom stereocenters. The molecule has 0 unspecified atom stereocenters. The summed E-state index contributed by atoms with van der Waals surface area (Å²) < 4.78 is 0.